The quantitative estimate of drug-likeness (QED) is 0.836. The van der Waals surface area contributed by atoms with E-state index in [0.29, 0.717) is 5.02 Å². The summed E-state index contributed by atoms with van der Waals surface area (Å²) >= 11 is 5.78. The van der Waals surface area contributed by atoms with E-state index in [-0.39, 0.29) is 30.8 Å². The highest BCUT2D eigenvalue weighted by Crippen LogP contribution is 2.16. The summed E-state index contributed by atoms with van der Waals surface area (Å²) in [6, 6.07) is 7.14. The predicted molar refractivity (Wildman–Crippen MR) is 69.3 cm³/mol. The van der Waals surface area contributed by atoms with Crippen molar-refractivity contribution in [3.8, 4) is 0 Å². The molecular formula is C13H16ClNO3. The molecule has 98 valence electrons. The minimum Gasteiger partial charge on any atom is -0.469 e. The van der Waals surface area contributed by atoms with Crippen LogP contribution in [0.15, 0.2) is 24.3 Å². The number of amides is 1. The molecule has 1 amide bonds. The lowest BCUT2D eigenvalue weighted by Crippen LogP contribution is -2.27. The minimum absolute atomic E-state index is 0.0929. The van der Waals surface area contributed by atoms with Crippen LogP contribution in [0.25, 0.3) is 0 Å². The Morgan fingerprint density at radius 2 is 1.89 bits per heavy atom. The van der Waals surface area contributed by atoms with Crippen molar-refractivity contribution in [2.75, 3.05) is 7.11 Å². The molecule has 0 spiro atoms. The van der Waals surface area contributed by atoms with E-state index >= 15 is 0 Å². The van der Waals surface area contributed by atoms with Crippen LogP contribution in [-0.2, 0) is 14.3 Å². The fraction of sp³-hybridized carbons (Fsp3) is 0.385. The number of esters is 1. The van der Waals surface area contributed by atoms with Crippen molar-refractivity contribution in [2.45, 2.75) is 25.8 Å². The molecule has 4 nitrogen and oxygen atoms in total. The van der Waals surface area contributed by atoms with E-state index in [2.05, 4.69) is 10.1 Å². The van der Waals surface area contributed by atoms with Gasteiger partial charge in [-0.2, -0.15) is 0 Å². The van der Waals surface area contributed by atoms with Gasteiger partial charge in [-0.3, -0.25) is 9.59 Å². The van der Waals surface area contributed by atoms with Crippen LogP contribution in [0.2, 0.25) is 5.02 Å². The molecule has 18 heavy (non-hydrogen) atoms. The first kappa shape index (κ1) is 14.5. The van der Waals surface area contributed by atoms with Crippen LogP contribution in [0.1, 0.15) is 31.4 Å². The second kappa shape index (κ2) is 7.01. The summed E-state index contributed by atoms with van der Waals surface area (Å²) in [5.41, 5.74) is 0.964. The molecule has 0 radical (unpaired) electrons. The lowest BCUT2D eigenvalue weighted by molar-refractivity contribution is -0.142. The largest absolute Gasteiger partial charge is 0.469 e. The molecule has 0 fully saturated rings. The van der Waals surface area contributed by atoms with Gasteiger partial charge in [0, 0.05) is 11.4 Å². The summed E-state index contributed by atoms with van der Waals surface area (Å²) in [6.07, 6.45) is 0.222. The van der Waals surface area contributed by atoms with Gasteiger partial charge in [0.2, 0.25) is 5.91 Å². The van der Waals surface area contributed by atoms with E-state index in [1.165, 1.54) is 7.11 Å². The minimum atomic E-state index is -0.385. The van der Waals surface area contributed by atoms with Gasteiger partial charge in [-0.15, -0.1) is 0 Å². The van der Waals surface area contributed by atoms with Gasteiger partial charge in [0.05, 0.1) is 19.6 Å². The van der Waals surface area contributed by atoms with Gasteiger partial charge in [-0.05, 0) is 24.6 Å². The Bertz CT molecular complexity index is 417. The highest BCUT2D eigenvalue weighted by Gasteiger charge is 2.11. The van der Waals surface area contributed by atoms with E-state index in [1.807, 2.05) is 19.1 Å². The Kier molecular flexibility index (Phi) is 5.65. The standard InChI is InChI=1S/C13H16ClNO3/c1-9(10-3-5-11(14)6-4-10)15-12(16)7-8-13(17)18-2/h3-6,9H,7-8H2,1-2H3,(H,15,16). The molecule has 1 rings (SSSR count). The number of carbonyl (C=O) groups excluding carboxylic acids is 2. The van der Waals surface area contributed by atoms with Crippen LogP contribution in [0.5, 0.6) is 0 Å². The molecule has 1 aromatic rings. The van der Waals surface area contributed by atoms with E-state index < -0.39 is 0 Å². The lowest BCUT2D eigenvalue weighted by atomic mass is 10.1. The molecule has 1 aromatic carbocycles. The number of methoxy groups -OCH3 is 1. The number of halogens is 1. The average molecular weight is 270 g/mol. The molecular weight excluding hydrogens is 254 g/mol. The van der Waals surface area contributed by atoms with E-state index in [1.54, 1.807) is 12.1 Å². The van der Waals surface area contributed by atoms with E-state index in [9.17, 15) is 9.59 Å². The molecule has 0 aromatic heterocycles. The van der Waals surface area contributed by atoms with Crippen molar-refractivity contribution in [2.24, 2.45) is 0 Å². The first-order chi connectivity index (χ1) is 8.52. The zero-order valence-corrected chi connectivity index (χ0v) is 11.2. The van der Waals surface area contributed by atoms with Crippen LogP contribution in [0.3, 0.4) is 0 Å². The Labute approximate surface area is 111 Å². The molecule has 1 atom stereocenters. The normalized spacial score (nSPS) is 11.7. The van der Waals surface area contributed by atoms with Crippen LogP contribution >= 0.6 is 11.6 Å². The SMILES string of the molecule is COC(=O)CCC(=O)NC(C)c1ccc(Cl)cc1. The molecule has 0 heterocycles. The maximum absolute atomic E-state index is 11.6. The van der Waals surface area contributed by atoms with Gasteiger partial charge in [0.15, 0.2) is 0 Å². The molecule has 0 saturated carbocycles. The fourth-order valence-electron chi connectivity index (χ4n) is 1.47. The van der Waals surface area contributed by atoms with Crippen molar-refractivity contribution in [3.63, 3.8) is 0 Å². The Hall–Kier alpha value is -1.55. The first-order valence-electron chi connectivity index (χ1n) is 5.64. The van der Waals surface area contributed by atoms with Gasteiger partial charge in [-0.25, -0.2) is 0 Å². The second-order valence-electron chi connectivity index (χ2n) is 3.92. The van der Waals surface area contributed by atoms with Gasteiger partial charge in [-0.1, -0.05) is 23.7 Å². The van der Waals surface area contributed by atoms with Crippen LogP contribution < -0.4 is 5.32 Å². The van der Waals surface area contributed by atoms with Gasteiger partial charge >= 0.3 is 5.97 Å². The first-order valence-corrected chi connectivity index (χ1v) is 6.02. The van der Waals surface area contributed by atoms with Crippen molar-refractivity contribution < 1.29 is 14.3 Å². The summed E-state index contributed by atoms with van der Waals surface area (Å²) in [5, 5.41) is 3.46. The summed E-state index contributed by atoms with van der Waals surface area (Å²) < 4.78 is 4.47. The number of benzene rings is 1. The van der Waals surface area contributed by atoms with E-state index in [4.69, 9.17) is 11.6 Å². The van der Waals surface area contributed by atoms with Crippen LogP contribution in [0.4, 0.5) is 0 Å². The summed E-state index contributed by atoms with van der Waals surface area (Å²) in [5.74, 6) is -0.563. The number of nitrogens with one attached hydrogen (secondary N) is 1. The zero-order valence-electron chi connectivity index (χ0n) is 10.4. The fourth-order valence-corrected chi connectivity index (χ4v) is 1.59. The van der Waals surface area contributed by atoms with Crippen molar-refractivity contribution >= 4 is 23.5 Å². The molecule has 0 saturated heterocycles. The summed E-state index contributed by atoms with van der Waals surface area (Å²) in [4.78, 5) is 22.5. The maximum Gasteiger partial charge on any atom is 0.306 e. The van der Waals surface area contributed by atoms with E-state index in [0.717, 1.165) is 5.56 Å². The summed E-state index contributed by atoms with van der Waals surface area (Å²) in [6.45, 7) is 1.87. The van der Waals surface area contributed by atoms with Crippen molar-refractivity contribution in [1.29, 1.82) is 0 Å². The molecule has 1 N–H and O–H groups in total. The Balaban J connectivity index is 2.44. The Morgan fingerprint density at radius 3 is 2.44 bits per heavy atom. The smallest absolute Gasteiger partial charge is 0.306 e. The predicted octanol–water partition coefficient (Wildman–Crippen LogP) is 2.47. The maximum atomic E-state index is 11.6. The van der Waals surface area contributed by atoms with Crippen LogP contribution in [0, 0.1) is 0 Å². The lowest BCUT2D eigenvalue weighted by Gasteiger charge is -2.14. The monoisotopic (exact) mass is 269 g/mol. The van der Waals surface area contributed by atoms with Crippen molar-refractivity contribution in [3.05, 3.63) is 34.9 Å². The molecule has 1 unspecified atom stereocenters. The van der Waals surface area contributed by atoms with Gasteiger partial charge < -0.3 is 10.1 Å². The Morgan fingerprint density at radius 1 is 1.28 bits per heavy atom. The van der Waals surface area contributed by atoms with Gasteiger partial charge in [0.1, 0.15) is 0 Å². The number of hydrogen-bond donors (Lipinski definition) is 1. The molecule has 0 bridgehead atoms. The van der Waals surface area contributed by atoms with Gasteiger partial charge in [0.25, 0.3) is 0 Å². The molecule has 5 heteroatoms. The topological polar surface area (TPSA) is 55.4 Å². The number of carbonyl (C=O) groups is 2. The highest BCUT2D eigenvalue weighted by molar-refractivity contribution is 6.30. The third kappa shape index (κ3) is 4.75. The summed E-state index contributed by atoms with van der Waals surface area (Å²) in [7, 11) is 1.30. The number of ether oxygens (including phenoxy) is 1. The number of rotatable bonds is 5. The zero-order chi connectivity index (χ0) is 13.5. The van der Waals surface area contributed by atoms with Crippen LogP contribution in [-0.4, -0.2) is 19.0 Å². The molecule has 0 aliphatic rings. The third-order valence-electron chi connectivity index (χ3n) is 2.53. The number of hydrogen-bond acceptors (Lipinski definition) is 3. The highest BCUT2D eigenvalue weighted by atomic mass is 35.5. The molecule has 0 aliphatic heterocycles. The van der Waals surface area contributed by atoms with Crippen molar-refractivity contribution in [1.82, 2.24) is 5.32 Å². The second-order valence-corrected chi connectivity index (χ2v) is 4.35. The average Bonchev–Trinajstić information content (AvgIpc) is 2.36. The third-order valence-corrected chi connectivity index (χ3v) is 2.78. The molecule has 0 aliphatic carbocycles.